The Labute approximate surface area is 163 Å². The molecule has 8 heteroatoms. The molecule has 28 heavy (non-hydrogen) atoms. The fourth-order valence-corrected chi connectivity index (χ4v) is 3.41. The van der Waals surface area contributed by atoms with Gasteiger partial charge in [0.05, 0.1) is 17.1 Å². The van der Waals surface area contributed by atoms with Crippen LogP contribution >= 0.6 is 0 Å². The van der Waals surface area contributed by atoms with Gasteiger partial charge in [-0.2, -0.15) is 5.10 Å². The zero-order valence-electron chi connectivity index (χ0n) is 16.7. The minimum absolute atomic E-state index is 0.00529. The van der Waals surface area contributed by atoms with E-state index in [9.17, 15) is 0 Å². The second-order valence-electron chi connectivity index (χ2n) is 7.28. The Hall–Kier alpha value is -3.29. The fraction of sp³-hybridized carbons (Fsp3) is 0.350. The molecule has 1 N–H and O–H groups in total. The van der Waals surface area contributed by atoms with E-state index in [2.05, 4.69) is 34.2 Å². The summed E-state index contributed by atoms with van der Waals surface area (Å²) in [6.07, 6.45) is 5.52. The first kappa shape index (κ1) is 18.1. The lowest BCUT2D eigenvalue weighted by Crippen LogP contribution is -2.21. The van der Waals surface area contributed by atoms with Crippen molar-refractivity contribution >= 4 is 16.9 Å². The lowest BCUT2D eigenvalue weighted by Gasteiger charge is -2.23. The first-order chi connectivity index (χ1) is 13.5. The molecular weight excluding hydrogens is 352 g/mol. The van der Waals surface area contributed by atoms with Crippen LogP contribution in [0.2, 0.25) is 0 Å². The number of hydrogen-bond acceptors (Lipinski definition) is 6. The highest BCUT2D eigenvalue weighted by molar-refractivity contribution is 5.90. The zero-order chi connectivity index (χ0) is 19.8. The Balaban J connectivity index is 1.88. The van der Waals surface area contributed by atoms with Crippen LogP contribution in [0, 0.1) is 12.8 Å². The van der Waals surface area contributed by atoms with Crippen molar-refractivity contribution in [3.05, 3.63) is 48.3 Å². The summed E-state index contributed by atoms with van der Waals surface area (Å²) in [5.74, 6) is 2.59. The van der Waals surface area contributed by atoms with Crippen molar-refractivity contribution in [1.82, 2.24) is 34.3 Å². The topological polar surface area (TPSA) is 86.3 Å². The summed E-state index contributed by atoms with van der Waals surface area (Å²) in [4.78, 5) is 18.5. The summed E-state index contributed by atoms with van der Waals surface area (Å²) in [6, 6.07) is 5.72. The summed E-state index contributed by atoms with van der Waals surface area (Å²) in [7, 11) is 3.90. The molecule has 0 fully saturated rings. The number of anilines is 1. The average molecular weight is 376 g/mol. The predicted molar refractivity (Wildman–Crippen MR) is 109 cm³/mol. The number of imidazole rings is 1. The number of nitrogens with zero attached hydrogens (tertiary/aromatic N) is 7. The first-order valence-corrected chi connectivity index (χ1v) is 9.32. The van der Waals surface area contributed by atoms with Gasteiger partial charge >= 0.3 is 0 Å². The molecule has 0 aliphatic heterocycles. The maximum atomic E-state index is 4.83. The highest BCUT2D eigenvalue weighted by Gasteiger charge is 2.24. The van der Waals surface area contributed by atoms with Gasteiger partial charge in [0.1, 0.15) is 17.3 Å². The van der Waals surface area contributed by atoms with Crippen molar-refractivity contribution in [2.75, 3.05) is 5.32 Å². The van der Waals surface area contributed by atoms with Crippen molar-refractivity contribution in [3.8, 4) is 11.5 Å². The van der Waals surface area contributed by atoms with Gasteiger partial charge in [-0.3, -0.25) is 9.67 Å². The van der Waals surface area contributed by atoms with E-state index in [1.165, 1.54) is 0 Å². The molecule has 0 bridgehead atoms. The van der Waals surface area contributed by atoms with E-state index in [1.807, 2.05) is 56.2 Å². The SMILES string of the molecule is Cc1nn(C)c2nc(-c3ccccn3)nc(N[C@H](c3nccn3C)C(C)C)c12. The van der Waals surface area contributed by atoms with Crippen LogP contribution in [-0.2, 0) is 14.1 Å². The highest BCUT2D eigenvalue weighted by atomic mass is 15.3. The van der Waals surface area contributed by atoms with Crippen LogP contribution in [0.15, 0.2) is 36.8 Å². The van der Waals surface area contributed by atoms with Crippen LogP contribution in [0.5, 0.6) is 0 Å². The molecule has 144 valence electrons. The fourth-order valence-electron chi connectivity index (χ4n) is 3.41. The number of nitrogens with one attached hydrogen (secondary N) is 1. The summed E-state index contributed by atoms with van der Waals surface area (Å²) < 4.78 is 3.82. The maximum Gasteiger partial charge on any atom is 0.182 e. The van der Waals surface area contributed by atoms with Gasteiger partial charge in [-0.15, -0.1) is 0 Å². The summed E-state index contributed by atoms with van der Waals surface area (Å²) in [5.41, 5.74) is 2.39. The monoisotopic (exact) mass is 376 g/mol. The third kappa shape index (κ3) is 3.11. The molecule has 0 aliphatic carbocycles. The second kappa shape index (κ2) is 7.03. The molecule has 1 atom stereocenters. The average Bonchev–Trinajstić information content (AvgIpc) is 3.23. The van der Waals surface area contributed by atoms with Gasteiger partial charge in [0.2, 0.25) is 0 Å². The van der Waals surface area contributed by atoms with Gasteiger partial charge in [0, 0.05) is 32.7 Å². The van der Waals surface area contributed by atoms with Crippen LogP contribution in [0.4, 0.5) is 5.82 Å². The number of rotatable bonds is 5. The van der Waals surface area contributed by atoms with E-state index >= 15 is 0 Å². The van der Waals surface area contributed by atoms with Crippen LogP contribution in [0.1, 0.15) is 31.4 Å². The molecule has 0 aromatic carbocycles. The Morgan fingerprint density at radius 2 is 1.86 bits per heavy atom. The molecule has 0 radical (unpaired) electrons. The van der Waals surface area contributed by atoms with Gasteiger partial charge < -0.3 is 9.88 Å². The number of hydrogen-bond donors (Lipinski definition) is 1. The number of fused-ring (bicyclic) bond motifs is 1. The van der Waals surface area contributed by atoms with Gasteiger partial charge in [-0.05, 0) is 25.0 Å². The molecule has 0 aliphatic rings. The Kier molecular flexibility index (Phi) is 4.54. The van der Waals surface area contributed by atoms with Gasteiger partial charge in [-0.1, -0.05) is 19.9 Å². The van der Waals surface area contributed by atoms with E-state index in [0.29, 0.717) is 11.7 Å². The molecule has 8 nitrogen and oxygen atoms in total. The minimum atomic E-state index is -0.00529. The summed E-state index contributed by atoms with van der Waals surface area (Å²) in [6.45, 7) is 6.31. The van der Waals surface area contributed by atoms with Gasteiger partial charge in [-0.25, -0.2) is 15.0 Å². The van der Waals surface area contributed by atoms with Crippen molar-refractivity contribution in [2.45, 2.75) is 26.8 Å². The summed E-state index contributed by atoms with van der Waals surface area (Å²) in [5, 5.41) is 9.08. The summed E-state index contributed by atoms with van der Waals surface area (Å²) >= 11 is 0. The Bertz CT molecular complexity index is 1110. The molecule has 0 saturated heterocycles. The lowest BCUT2D eigenvalue weighted by molar-refractivity contribution is 0.507. The molecule has 4 rings (SSSR count). The van der Waals surface area contributed by atoms with Crippen molar-refractivity contribution in [2.24, 2.45) is 20.0 Å². The molecule has 4 aromatic rings. The molecule has 0 saturated carbocycles. The molecular formula is C20H24N8. The first-order valence-electron chi connectivity index (χ1n) is 9.32. The minimum Gasteiger partial charge on any atom is -0.359 e. The Morgan fingerprint density at radius 1 is 1.04 bits per heavy atom. The predicted octanol–water partition coefficient (Wildman–Crippen LogP) is 3.28. The second-order valence-corrected chi connectivity index (χ2v) is 7.28. The quantitative estimate of drug-likeness (QED) is 0.575. The third-order valence-electron chi connectivity index (χ3n) is 4.85. The van der Waals surface area contributed by atoms with E-state index in [4.69, 9.17) is 9.97 Å². The van der Waals surface area contributed by atoms with E-state index in [1.54, 1.807) is 10.9 Å². The third-order valence-corrected chi connectivity index (χ3v) is 4.85. The van der Waals surface area contributed by atoms with Crippen LogP contribution < -0.4 is 5.32 Å². The molecule has 0 unspecified atom stereocenters. The van der Waals surface area contributed by atoms with Crippen molar-refractivity contribution in [1.29, 1.82) is 0 Å². The Morgan fingerprint density at radius 3 is 2.50 bits per heavy atom. The number of aryl methyl sites for hydroxylation is 3. The largest absolute Gasteiger partial charge is 0.359 e. The molecule has 0 amide bonds. The van der Waals surface area contributed by atoms with Crippen molar-refractivity contribution in [3.63, 3.8) is 0 Å². The smallest absolute Gasteiger partial charge is 0.182 e. The van der Waals surface area contributed by atoms with E-state index < -0.39 is 0 Å². The number of aromatic nitrogens is 7. The molecule has 0 spiro atoms. The van der Waals surface area contributed by atoms with Crippen LogP contribution in [-0.4, -0.2) is 34.3 Å². The molecule has 4 heterocycles. The van der Waals surface area contributed by atoms with Crippen LogP contribution in [0.3, 0.4) is 0 Å². The van der Waals surface area contributed by atoms with E-state index in [-0.39, 0.29) is 6.04 Å². The maximum absolute atomic E-state index is 4.83. The highest BCUT2D eigenvalue weighted by Crippen LogP contribution is 2.31. The lowest BCUT2D eigenvalue weighted by atomic mass is 10.0. The van der Waals surface area contributed by atoms with Crippen molar-refractivity contribution < 1.29 is 0 Å². The van der Waals surface area contributed by atoms with Crippen LogP contribution in [0.25, 0.3) is 22.6 Å². The standard InChI is InChI=1S/C20H24N8/c1-12(2)16(20-22-10-11-27(20)4)23-18-15-13(3)26-28(5)19(15)25-17(24-18)14-8-6-7-9-21-14/h6-12,16H,1-5H3,(H,23,24,25)/t16-/m0/s1. The zero-order valence-corrected chi connectivity index (χ0v) is 16.7. The van der Waals surface area contributed by atoms with E-state index in [0.717, 1.165) is 34.1 Å². The molecule has 4 aromatic heterocycles. The van der Waals surface area contributed by atoms with Gasteiger partial charge in [0.15, 0.2) is 11.5 Å². The number of pyridine rings is 1. The van der Waals surface area contributed by atoms with Gasteiger partial charge in [0.25, 0.3) is 0 Å². The normalized spacial score (nSPS) is 12.6.